The van der Waals surface area contributed by atoms with Gasteiger partial charge in [0.1, 0.15) is 0 Å². The van der Waals surface area contributed by atoms with Gasteiger partial charge in [0.25, 0.3) is 0 Å². The second-order valence-electron chi connectivity index (χ2n) is 3.40. The number of thiol groups is 1. The Morgan fingerprint density at radius 1 is 1.33 bits per heavy atom. The molecular weight excluding hydrogens is 168 g/mol. The first-order chi connectivity index (χ1) is 5.81. The van der Waals surface area contributed by atoms with Gasteiger partial charge in [0.05, 0.1) is 0 Å². The van der Waals surface area contributed by atoms with E-state index in [9.17, 15) is 0 Å². The van der Waals surface area contributed by atoms with E-state index in [4.69, 9.17) is 4.74 Å². The summed E-state index contributed by atoms with van der Waals surface area (Å²) in [5, 5.41) is 0. The lowest BCUT2D eigenvalue weighted by molar-refractivity contribution is 0.0996. The maximum atomic E-state index is 5.52. The zero-order chi connectivity index (χ0) is 9.23. The van der Waals surface area contributed by atoms with Crippen LogP contribution in [-0.2, 0) is 4.74 Å². The molecule has 12 heavy (non-hydrogen) atoms. The minimum absolute atomic E-state index is 0.728. The van der Waals surface area contributed by atoms with Crippen LogP contribution in [0, 0.1) is 5.92 Å². The molecule has 0 radical (unpaired) electrons. The summed E-state index contributed by atoms with van der Waals surface area (Å²) in [6.07, 6.45) is 4.88. The molecule has 0 heterocycles. The van der Waals surface area contributed by atoms with Crippen LogP contribution >= 0.6 is 12.6 Å². The lowest BCUT2D eigenvalue weighted by atomic mass is 10.1. The monoisotopic (exact) mass is 190 g/mol. The Morgan fingerprint density at radius 3 is 2.67 bits per heavy atom. The van der Waals surface area contributed by atoms with Crippen LogP contribution in [-0.4, -0.2) is 19.0 Å². The Kier molecular flexibility index (Phi) is 9.64. The highest BCUT2D eigenvalue weighted by Gasteiger charge is 1.99. The molecule has 0 aromatic carbocycles. The molecule has 0 spiro atoms. The number of unbranched alkanes of at least 4 members (excludes halogenated alkanes) is 1. The molecule has 0 aromatic heterocycles. The third-order valence-electron chi connectivity index (χ3n) is 1.88. The molecule has 0 fully saturated rings. The maximum absolute atomic E-state index is 5.52. The second-order valence-corrected chi connectivity index (χ2v) is 3.85. The number of hydrogen-bond donors (Lipinski definition) is 1. The zero-order valence-corrected chi connectivity index (χ0v) is 9.28. The molecule has 0 aliphatic rings. The van der Waals surface area contributed by atoms with Crippen LogP contribution in [0.1, 0.15) is 39.5 Å². The van der Waals surface area contributed by atoms with Crippen molar-refractivity contribution < 1.29 is 4.74 Å². The molecule has 0 bridgehead atoms. The normalized spacial score (nSPS) is 13.2. The number of rotatable bonds is 8. The number of hydrogen-bond acceptors (Lipinski definition) is 2. The van der Waals surface area contributed by atoms with Gasteiger partial charge < -0.3 is 4.74 Å². The van der Waals surface area contributed by atoms with E-state index in [0.717, 1.165) is 31.3 Å². The van der Waals surface area contributed by atoms with Gasteiger partial charge in [-0.2, -0.15) is 12.6 Å². The molecule has 1 unspecified atom stereocenters. The van der Waals surface area contributed by atoms with E-state index in [0.29, 0.717) is 0 Å². The van der Waals surface area contributed by atoms with Gasteiger partial charge in [0.15, 0.2) is 0 Å². The zero-order valence-electron chi connectivity index (χ0n) is 8.38. The minimum atomic E-state index is 0.728. The smallest absolute Gasteiger partial charge is 0.0491 e. The standard InChI is InChI=1S/C10H22OS/c1-3-6-10(2)9-11-7-4-5-8-12/h10,12H,3-9H2,1-2H3. The predicted octanol–water partition coefficient (Wildman–Crippen LogP) is 3.15. The largest absolute Gasteiger partial charge is 0.381 e. The van der Waals surface area contributed by atoms with Crippen molar-refractivity contribution in [3.05, 3.63) is 0 Å². The van der Waals surface area contributed by atoms with Gasteiger partial charge in [0, 0.05) is 13.2 Å². The van der Waals surface area contributed by atoms with Crippen LogP contribution in [0.5, 0.6) is 0 Å². The Morgan fingerprint density at radius 2 is 2.08 bits per heavy atom. The Hall–Kier alpha value is 0.310. The van der Waals surface area contributed by atoms with Crippen molar-refractivity contribution in [3.8, 4) is 0 Å². The second kappa shape index (κ2) is 9.40. The van der Waals surface area contributed by atoms with Crippen molar-refractivity contribution >= 4 is 12.6 Å². The van der Waals surface area contributed by atoms with E-state index in [1.807, 2.05) is 0 Å². The summed E-state index contributed by atoms with van der Waals surface area (Å²) in [5.41, 5.74) is 0. The predicted molar refractivity (Wildman–Crippen MR) is 58.0 cm³/mol. The molecule has 0 rings (SSSR count). The minimum Gasteiger partial charge on any atom is -0.381 e. The Bertz CT molecular complexity index is 85.9. The van der Waals surface area contributed by atoms with Crippen molar-refractivity contribution in [2.45, 2.75) is 39.5 Å². The van der Waals surface area contributed by atoms with E-state index in [1.165, 1.54) is 19.3 Å². The molecule has 74 valence electrons. The Labute approximate surface area is 82.3 Å². The fourth-order valence-electron chi connectivity index (χ4n) is 1.18. The van der Waals surface area contributed by atoms with Crippen molar-refractivity contribution in [2.75, 3.05) is 19.0 Å². The quantitative estimate of drug-likeness (QED) is 0.457. The first kappa shape index (κ1) is 12.3. The summed E-state index contributed by atoms with van der Waals surface area (Å²) in [6.45, 7) is 6.31. The molecule has 1 atom stereocenters. The number of ether oxygens (including phenoxy) is 1. The molecule has 2 heteroatoms. The van der Waals surface area contributed by atoms with Crippen molar-refractivity contribution in [1.29, 1.82) is 0 Å². The van der Waals surface area contributed by atoms with Gasteiger partial charge in [0.2, 0.25) is 0 Å². The third-order valence-corrected chi connectivity index (χ3v) is 2.20. The topological polar surface area (TPSA) is 9.23 Å². The van der Waals surface area contributed by atoms with E-state index in [2.05, 4.69) is 26.5 Å². The summed E-state index contributed by atoms with van der Waals surface area (Å²) in [5.74, 6) is 1.71. The summed E-state index contributed by atoms with van der Waals surface area (Å²) in [7, 11) is 0. The maximum Gasteiger partial charge on any atom is 0.0491 e. The molecule has 0 saturated heterocycles. The van der Waals surface area contributed by atoms with Crippen LogP contribution < -0.4 is 0 Å². The molecule has 0 saturated carbocycles. The summed E-state index contributed by atoms with van der Waals surface area (Å²) < 4.78 is 5.52. The Balaban J connectivity index is 2.97. The third kappa shape index (κ3) is 8.41. The highest BCUT2D eigenvalue weighted by molar-refractivity contribution is 7.80. The summed E-state index contributed by atoms with van der Waals surface area (Å²) >= 11 is 4.14. The van der Waals surface area contributed by atoms with E-state index < -0.39 is 0 Å². The fourth-order valence-corrected chi connectivity index (χ4v) is 1.40. The lowest BCUT2D eigenvalue weighted by Gasteiger charge is -2.09. The van der Waals surface area contributed by atoms with Crippen molar-refractivity contribution in [2.24, 2.45) is 5.92 Å². The fraction of sp³-hybridized carbons (Fsp3) is 1.00. The molecule has 0 aliphatic heterocycles. The molecule has 0 N–H and O–H groups in total. The SMILES string of the molecule is CCCC(C)COCCCCS. The summed E-state index contributed by atoms with van der Waals surface area (Å²) in [6, 6.07) is 0. The first-order valence-electron chi connectivity index (χ1n) is 4.99. The first-order valence-corrected chi connectivity index (χ1v) is 5.63. The van der Waals surface area contributed by atoms with Crippen molar-refractivity contribution in [1.82, 2.24) is 0 Å². The highest BCUT2D eigenvalue weighted by Crippen LogP contribution is 2.05. The highest BCUT2D eigenvalue weighted by atomic mass is 32.1. The average Bonchev–Trinajstić information content (AvgIpc) is 2.05. The van der Waals surface area contributed by atoms with Gasteiger partial charge >= 0.3 is 0 Å². The lowest BCUT2D eigenvalue weighted by Crippen LogP contribution is -2.06. The molecule has 0 aliphatic carbocycles. The molecule has 0 amide bonds. The average molecular weight is 190 g/mol. The van der Waals surface area contributed by atoms with Gasteiger partial charge in [-0.05, 0) is 30.9 Å². The van der Waals surface area contributed by atoms with Gasteiger partial charge in [-0.25, -0.2) is 0 Å². The van der Waals surface area contributed by atoms with E-state index in [1.54, 1.807) is 0 Å². The van der Waals surface area contributed by atoms with Crippen LogP contribution in [0.4, 0.5) is 0 Å². The van der Waals surface area contributed by atoms with Gasteiger partial charge in [-0.3, -0.25) is 0 Å². The van der Waals surface area contributed by atoms with Gasteiger partial charge in [-0.1, -0.05) is 20.3 Å². The van der Waals surface area contributed by atoms with Crippen LogP contribution in [0.15, 0.2) is 0 Å². The van der Waals surface area contributed by atoms with Crippen LogP contribution in [0.2, 0.25) is 0 Å². The van der Waals surface area contributed by atoms with E-state index >= 15 is 0 Å². The van der Waals surface area contributed by atoms with Crippen molar-refractivity contribution in [3.63, 3.8) is 0 Å². The van der Waals surface area contributed by atoms with Crippen LogP contribution in [0.25, 0.3) is 0 Å². The summed E-state index contributed by atoms with van der Waals surface area (Å²) in [4.78, 5) is 0. The van der Waals surface area contributed by atoms with Crippen LogP contribution in [0.3, 0.4) is 0 Å². The molecule has 1 nitrogen and oxygen atoms in total. The molecule has 0 aromatic rings. The molecular formula is C10H22OS. The van der Waals surface area contributed by atoms with Gasteiger partial charge in [-0.15, -0.1) is 0 Å². The van der Waals surface area contributed by atoms with E-state index in [-0.39, 0.29) is 0 Å².